The summed E-state index contributed by atoms with van der Waals surface area (Å²) in [7, 11) is 0. The zero-order valence-corrected chi connectivity index (χ0v) is 12.9. The maximum atomic E-state index is 5.78. The van der Waals surface area contributed by atoms with E-state index < -0.39 is 0 Å². The van der Waals surface area contributed by atoms with Gasteiger partial charge in [0.25, 0.3) is 0 Å². The monoisotopic (exact) mass is 285 g/mol. The van der Waals surface area contributed by atoms with Gasteiger partial charge in [-0.05, 0) is 44.5 Å². The van der Waals surface area contributed by atoms with Gasteiger partial charge in [0.15, 0.2) is 0 Å². The van der Waals surface area contributed by atoms with Crippen molar-refractivity contribution < 1.29 is 9.47 Å². The zero-order chi connectivity index (χ0) is 15.1. The maximum Gasteiger partial charge on any atom is 0.142 e. The average molecular weight is 285 g/mol. The highest BCUT2D eigenvalue weighted by atomic mass is 16.5. The minimum atomic E-state index is 0.163. The van der Waals surface area contributed by atoms with Crippen molar-refractivity contribution in [2.24, 2.45) is 0 Å². The SMILES string of the molecule is Cc1ccccc1OCCNc1ccccc1OC(C)C. The molecular weight excluding hydrogens is 262 g/mol. The highest BCUT2D eigenvalue weighted by Crippen LogP contribution is 2.24. The van der Waals surface area contributed by atoms with Gasteiger partial charge in [0.05, 0.1) is 11.8 Å². The summed E-state index contributed by atoms with van der Waals surface area (Å²) in [5.41, 5.74) is 2.15. The summed E-state index contributed by atoms with van der Waals surface area (Å²) in [5.74, 6) is 1.81. The normalized spacial score (nSPS) is 10.5. The molecular formula is C18H23NO2. The Morgan fingerprint density at radius 1 is 0.952 bits per heavy atom. The summed E-state index contributed by atoms with van der Waals surface area (Å²) in [6.07, 6.45) is 0.163. The van der Waals surface area contributed by atoms with Gasteiger partial charge in [0, 0.05) is 6.54 Å². The second-order valence-corrected chi connectivity index (χ2v) is 5.20. The first-order valence-electron chi connectivity index (χ1n) is 7.35. The minimum Gasteiger partial charge on any atom is -0.491 e. The van der Waals surface area contributed by atoms with E-state index >= 15 is 0 Å². The summed E-state index contributed by atoms with van der Waals surface area (Å²) in [4.78, 5) is 0. The van der Waals surface area contributed by atoms with Crippen LogP contribution in [0, 0.1) is 6.92 Å². The molecule has 0 spiro atoms. The van der Waals surface area contributed by atoms with Gasteiger partial charge in [-0.25, -0.2) is 0 Å². The van der Waals surface area contributed by atoms with Crippen LogP contribution in [-0.2, 0) is 0 Å². The summed E-state index contributed by atoms with van der Waals surface area (Å²) >= 11 is 0. The summed E-state index contributed by atoms with van der Waals surface area (Å²) in [5, 5.41) is 3.36. The third kappa shape index (κ3) is 4.71. The molecule has 0 aliphatic heterocycles. The van der Waals surface area contributed by atoms with E-state index in [1.165, 1.54) is 0 Å². The molecule has 0 atom stereocenters. The van der Waals surface area contributed by atoms with Gasteiger partial charge in [-0.3, -0.25) is 0 Å². The van der Waals surface area contributed by atoms with E-state index in [0.29, 0.717) is 6.61 Å². The molecule has 2 aromatic carbocycles. The van der Waals surface area contributed by atoms with E-state index in [0.717, 1.165) is 29.3 Å². The van der Waals surface area contributed by atoms with Crippen molar-refractivity contribution in [1.82, 2.24) is 0 Å². The van der Waals surface area contributed by atoms with Crippen molar-refractivity contribution in [3.8, 4) is 11.5 Å². The van der Waals surface area contributed by atoms with Crippen LogP contribution in [0.5, 0.6) is 11.5 Å². The topological polar surface area (TPSA) is 30.5 Å². The second-order valence-electron chi connectivity index (χ2n) is 5.20. The van der Waals surface area contributed by atoms with Crippen LogP contribution in [0.4, 0.5) is 5.69 Å². The van der Waals surface area contributed by atoms with Crippen molar-refractivity contribution >= 4 is 5.69 Å². The fraction of sp³-hybridized carbons (Fsp3) is 0.333. The van der Waals surface area contributed by atoms with E-state index in [-0.39, 0.29) is 6.10 Å². The molecule has 0 amide bonds. The molecule has 0 radical (unpaired) electrons. The lowest BCUT2D eigenvalue weighted by Gasteiger charge is -2.16. The van der Waals surface area contributed by atoms with Gasteiger partial charge in [-0.2, -0.15) is 0 Å². The number of hydrogen-bond acceptors (Lipinski definition) is 3. The highest BCUT2D eigenvalue weighted by molar-refractivity contribution is 5.56. The lowest BCUT2D eigenvalue weighted by Crippen LogP contribution is -2.14. The van der Waals surface area contributed by atoms with Gasteiger partial charge in [-0.1, -0.05) is 30.3 Å². The van der Waals surface area contributed by atoms with Crippen molar-refractivity contribution in [2.75, 3.05) is 18.5 Å². The highest BCUT2D eigenvalue weighted by Gasteiger charge is 2.04. The fourth-order valence-corrected chi connectivity index (χ4v) is 2.03. The number of aryl methyl sites for hydroxylation is 1. The molecule has 112 valence electrons. The lowest BCUT2D eigenvalue weighted by atomic mass is 10.2. The summed E-state index contributed by atoms with van der Waals surface area (Å²) in [6.45, 7) is 7.44. The third-order valence-electron chi connectivity index (χ3n) is 3.02. The molecule has 2 aromatic rings. The van der Waals surface area contributed by atoms with Gasteiger partial charge < -0.3 is 14.8 Å². The number of nitrogens with one attached hydrogen (secondary N) is 1. The minimum absolute atomic E-state index is 0.163. The van der Waals surface area contributed by atoms with Crippen LogP contribution in [0.2, 0.25) is 0 Å². The number of rotatable bonds is 7. The Bertz CT molecular complexity index is 567. The van der Waals surface area contributed by atoms with Gasteiger partial charge in [-0.15, -0.1) is 0 Å². The Kier molecular flexibility index (Phi) is 5.50. The lowest BCUT2D eigenvalue weighted by molar-refractivity contribution is 0.243. The Balaban J connectivity index is 1.85. The molecule has 2 rings (SSSR count). The molecule has 0 aliphatic carbocycles. The van der Waals surface area contributed by atoms with E-state index in [1.807, 2.05) is 56.3 Å². The maximum absolute atomic E-state index is 5.78. The molecule has 0 fully saturated rings. The first kappa shape index (κ1) is 15.2. The van der Waals surface area contributed by atoms with E-state index in [2.05, 4.69) is 18.3 Å². The number of anilines is 1. The molecule has 0 aromatic heterocycles. The predicted molar refractivity (Wildman–Crippen MR) is 87.4 cm³/mol. The average Bonchev–Trinajstić information content (AvgIpc) is 2.46. The van der Waals surface area contributed by atoms with E-state index in [1.54, 1.807) is 0 Å². The Morgan fingerprint density at radius 2 is 1.62 bits per heavy atom. The van der Waals surface area contributed by atoms with Crippen LogP contribution in [-0.4, -0.2) is 19.3 Å². The van der Waals surface area contributed by atoms with Gasteiger partial charge in [0.1, 0.15) is 18.1 Å². The second kappa shape index (κ2) is 7.58. The number of ether oxygens (including phenoxy) is 2. The van der Waals surface area contributed by atoms with Crippen LogP contribution >= 0.6 is 0 Å². The molecule has 0 unspecified atom stereocenters. The Morgan fingerprint density at radius 3 is 2.33 bits per heavy atom. The standard InChI is InChI=1S/C18H23NO2/c1-14(2)21-18-11-7-5-9-16(18)19-12-13-20-17-10-6-4-8-15(17)3/h4-11,14,19H,12-13H2,1-3H3. The van der Waals surface area contributed by atoms with Gasteiger partial charge in [0.2, 0.25) is 0 Å². The number of benzene rings is 2. The number of para-hydroxylation sites is 3. The Hall–Kier alpha value is -2.16. The van der Waals surface area contributed by atoms with Crippen LogP contribution in [0.25, 0.3) is 0 Å². The van der Waals surface area contributed by atoms with Crippen molar-refractivity contribution in [3.63, 3.8) is 0 Å². The largest absolute Gasteiger partial charge is 0.491 e. The van der Waals surface area contributed by atoms with Crippen LogP contribution in [0.1, 0.15) is 19.4 Å². The van der Waals surface area contributed by atoms with Crippen LogP contribution in [0.3, 0.4) is 0 Å². The Labute approximate surface area is 126 Å². The molecule has 1 N–H and O–H groups in total. The molecule has 0 heterocycles. The smallest absolute Gasteiger partial charge is 0.142 e. The molecule has 0 saturated heterocycles. The first-order valence-corrected chi connectivity index (χ1v) is 7.35. The molecule has 0 bridgehead atoms. The van der Waals surface area contributed by atoms with Gasteiger partial charge >= 0.3 is 0 Å². The van der Waals surface area contributed by atoms with Crippen LogP contribution < -0.4 is 14.8 Å². The zero-order valence-electron chi connectivity index (χ0n) is 12.9. The third-order valence-corrected chi connectivity index (χ3v) is 3.02. The van der Waals surface area contributed by atoms with Crippen molar-refractivity contribution in [2.45, 2.75) is 26.9 Å². The van der Waals surface area contributed by atoms with E-state index in [9.17, 15) is 0 Å². The predicted octanol–water partition coefficient (Wildman–Crippen LogP) is 4.27. The van der Waals surface area contributed by atoms with Crippen molar-refractivity contribution in [1.29, 1.82) is 0 Å². The molecule has 3 heteroatoms. The van der Waals surface area contributed by atoms with Crippen molar-refractivity contribution in [3.05, 3.63) is 54.1 Å². The quantitative estimate of drug-likeness (QED) is 0.770. The molecule has 0 saturated carbocycles. The molecule has 3 nitrogen and oxygen atoms in total. The summed E-state index contributed by atoms with van der Waals surface area (Å²) < 4.78 is 11.6. The molecule has 21 heavy (non-hydrogen) atoms. The van der Waals surface area contributed by atoms with E-state index in [4.69, 9.17) is 9.47 Å². The summed E-state index contributed by atoms with van der Waals surface area (Å²) in [6, 6.07) is 16.0. The van der Waals surface area contributed by atoms with Crippen LogP contribution in [0.15, 0.2) is 48.5 Å². The fourth-order valence-electron chi connectivity index (χ4n) is 2.03. The first-order chi connectivity index (χ1) is 10.2. The molecule has 0 aliphatic rings. The number of hydrogen-bond donors (Lipinski definition) is 1.